The Morgan fingerprint density at radius 2 is 1.85 bits per heavy atom. The van der Waals surface area contributed by atoms with E-state index in [2.05, 4.69) is 43.4 Å². The van der Waals surface area contributed by atoms with Crippen molar-refractivity contribution in [3.05, 3.63) is 64.1 Å². The molecule has 0 saturated carbocycles. The number of rotatable bonds is 9. The van der Waals surface area contributed by atoms with E-state index in [1.54, 1.807) is 18.3 Å². The molecule has 1 atom stereocenters. The number of hydrogen-bond donors (Lipinski definition) is 0. The molecule has 1 aromatic carbocycles. The monoisotopic (exact) mass is 507 g/mol. The molecule has 0 unspecified atom stereocenters. The maximum absolute atomic E-state index is 11.8. The lowest BCUT2D eigenvalue weighted by Gasteiger charge is -2.34. The van der Waals surface area contributed by atoms with Crippen molar-refractivity contribution in [3.63, 3.8) is 0 Å². The van der Waals surface area contributed by atoms with Gasteiger partial charge in [-0.25, -0.2) is 18.4 Å². The molecule has 1 saturated heterocycles. The number of piperazine rings is 1. The van der Waals surface area contributed by atoms with E-state index < -0.39 is 9.84 Å². The fourth-order valence-corrected chi connectivity index (χ4v) is 6.03. The first-order valence-corrected chi connectivity index (χ1v) is 14.2. The average molecular weight is 508 g/mol. The summed E-state index contributed by atoms with van der Waals surface area (Å²) in [6, 6.07) is 8.17. The molecule has 0 spiro atoms. The van der Waals surface area contributed by atoms with Crippen LogP contribution in [0, 0.1) is 0 Å². The van der Waals surface area contributed by atoms with Crippen LogP contribution in [0.25, 0.3) is 0 Å². The summed E-state index contributed by atoms with van der Waals surface area (Å²) < 4.78 is 25.8. The van der Waals surface area contributed by atoms with Crippen LogP contribution in [0.3, 0.4) is 0 Å². The lowest BCUT2D eigenvalue weighted by atomic mass is 10.1. The lowest BCUT2D eigenvalue weighted by Crippen LogP contribution is -2.46. The first kappa shape index (κ1) is 24.2. The van der Waals surface area contributed by atoms with Gasteiger partial charge in [0.15, 0.2) is 5.13 Å². The van der Waals surface area contributed by atoms with Crippen LogP contribution in [0.1, 0.15) is 36.0 Å². The van der Waals surface area contributed by atoms with Gasteiger partial charge in [0, 0.05) is 60.8 Å². The minimum absolute atomic E-state index is 0.186. The highest BCUT2D eigenvalue weighted by Gasteiger charge is 2.22. The van der Waals surface area contributed by atoms with Gasteiger partial charge >= 0.3 is 0 Å². The highest BCUT2D eigenvalue weighted by atomic mass is 35.5. The van der Waals surface area contributed by atoms with E-state index in [0.29, 0.717) is 6.42 Å². The third-order valence-electron chi connectivity index (χ3n) is 6.19. The van der Waals surface area contributed by atoms with E-state index in [0.717, 1.165) is 47.8 Å². The van der Waals surface area contributed by atoms with Crippen molar-refractivity contribution < 1.29 is 8.42 Å². The summed E-state index contributed by atoms with van der Waals surface area (Å²) in [5.41, 5.74) is 2.40. The fourth-order valence-electron chi connectivity index (χ4n) is 3.99. The smallest absolute Gasteiger partial charge is 0.185 e. The Hall–Kier alpha value is -1.94. The molecule has 0 amide bonds. The molecule has 3 heterocycles. The molecule has 0 aliphatic carbocycles. The summed E-state index contributed by atoms with van der Waals surface area (Å²) in [6.07, 6.45) is 6.23. The van der Waals surface area contributed by atoms with Crippen molar-refractivity contribution in [1.29, 1.82) is 0 Å². The van der Waals surface area contributed by atoms with Crippen molar-refractivity contribution in [2.75, 3.05) is 42.6 Å². The number of thiazole rings is 1. The largest absolute Gasteiger partial charge is 0.346 e. The number of sulfone groups is 1. The van der Waals surface area contributed by atoms with Crippen LogP contribution >= 0.6 is 22.9 Å². The second-order valence-electron chi connectivity index (χ2n) is 8.38. The highest BCUT2D eigenvalue weighted by molar-refractivity contribution is 7.91. The second kappa shape index (κ2) is 10.5. The molecule has 33 heavy (non-hydrogen) atoms. The molecule has 7 nitrogen and oxygen atoms in total. The zero-order valence-electron chi connectivity index (χ0n) is 19.0. The lowest BCUT2D eigenvalue weighted by molar-refractivity contribution is 0.243. The molecule has 0 bridgehead atoms. The summed E-state index contributed by atoms with van der Waals surface area (Å²) in [5, 5.41) is 1.73. The maximum atomic E-state index is 11.8. The number of imidazole rings is 1. The summed E-state index contributed by atoms with van der Waals surface area (Å²) in [5.74, 6) is 0.388. The summed E-state index contributed by atoms with van der Waals surface area (Å²) in [7, 11) is -2.95. The van der Waals surface area contributed by atoms with Crippen molar-refractivity contribution in [2.45, 2.75) is 32.9 Å². The van der Waals surface area contributed by atoms with E-state index >= 15 is 0 Å². The Balaban J connectivity index is 1.32. The van der Waals surface area contributed by atoms with Crippen molar-refractivity contribution in [1.82, 2.24) is 19.4 Å². The van der Waals surface area contributed by atoms with Crippen LogP contribution in [-0.2, 0) is 22.8 Å². The van der Waals surface area contributed by atoms with Crippen LogP contribution in [-0.4, -0.2) is 65.5 Å². The zero-order chi connectivity index (χ0) is 23.4. The van der Waals surface area contributed by atoms with Gasteiger partial charge in [-0.1, -0.05) is 30.7 Å². The number of benzene rings is 1. The van der Waals surface area contributed by atoms with Gasteiger partial charge in [0.1, 0.15) is 9.84 Å². The predicted octanol–water partition coefficient (Wildman–Crippen LogP) is 3.90. The number of nitrogens with zero attached hydrogens (tertiary/aromatic N) is 5. The van der Waals surface area contributed by atoms with Crippen molar-refractivity contribution >= 4 is 37.9 Å². The molecule has 1 aliphatic rings. The third kappa shape index (κ3) is 6.15. The minimum Gasteiger partial charge on any atom is -0.346 e. The molecule has 2 aromatic heterocycles. The summed E-state index contributed by atoms with van der Waals surface area (Å²) in [6.45, 7) is 8.42. The zero-order valence-corrected chi connectivity index (χ0v) is 21.4. The van der Waals surface area contributed by atoms with Crippen LogP contribution in [0.4, 0.5) is 5.13 Å². The quantitative estimate of drug-likeness (QED) is 0.437. The van der Waals surface area contributed by atoms with Gasteiger partial charge in [-0.05, 0) is 31.0 Å². The van der Waals surface area contributed by atoms with Gasteiger partial charge in [0.05, 0.1) is 23.8 Å². The average Bonchev–Trinajstić information content (AvgIpc) is 3.48. The van der Waals surface area contributed by atoms with Gasteiger partial charge in [-0.15, -0.1) is 11.3 Å². The molecule has 10 heteroatoms. The SMILES string of the molecule is CCS(=O)(=O)CCc1cnc(N2CCN(Cc3cncn3[C@H](C)c3ccc(Cl)cc3)CC2)s1. The number of hydrogen-bond acceptors (Lipinski definition) is 7. The number of anilines is 1. The first-order chi connectivity index (χ1) is 15.8. The topological polar surface area (TPSA) is 71.3 Å². The summed E-state index contributed by atoms with van der Waals surface area (Å²) >= 11 is 7.65. The Labute approximate surface area is 205 Å². The standard InChI is InChI=1S/C23H30ClN5O2S2/c1-3-33(30,31)13-8-22-15-26-23(32-22)28-11-9-27(10-12-28)16-21-14-25-17-29(21)18(2)19-4-6-20(24)7-5-19/h4-7,14-15,17-18H,3,8-13,16H2,1-2H3/t18-/m1/s1. The molecule has 3 aromatic rings. The summed E-state index contributed by atoms with van der Waals surface area (Å²) in [4.78, 5) is 14.7. The highest BCUT2D eigenvalue weighted by Crippen LogP contribution is 2.26. The molecule has 4 rings (SSSR count). The van der Waals surface area contributed by atoms with Crippen molar-refractivity contribution in [2.24, 2.45) is 0 Å². The van der Waals surface area contributed by atoms with Gasteiger partial charge in [-0.3, -0.25) is 4.90 Å². The van der Waals surface area contributed by atoms with Crippen molar-refractivity contribution in [3.8, 4) is 0 Å². The second-order valence-corrected chi connectivity index (χ2v) is 12.4. The van der Waals surface area contributed by atoms with Crippen LogP contribution in [0.15, 0.2) is 43.0 Å². The first-order valence-electron chi connectivity index (χ1n) is 11.2. The predicted molar refractivity (Wildman–Crippen MR) is 135 cm³/mol. The van der Waals surface area contributed by atoms with E-state index in [9.17, 15) is 8.42 Å². The molecule has 1 fully saturated rings. The molecule has 0 N–H and O–H groups in total. The normalized spacial score (nSPS) is 16.3. The fraction of sp³-hybridized carbons (Fsp3) is 0.478. The Morgan fingerprint density at radius 1 is 1.12 bits per heavy atom. The Bertz CT molecular complexity index is 1150. The molecule has 1 aliphatic heterocycles. The van der Waals surface area contributed by atoms with Gasteiger partial charge < -0.3 is 9.47 Å². The van der Waals surface area contributed by atoms with E-state index in [1.165, 1.54) is 11.3 Å². The van der Waals surface area contributed by atoms with Gasteiger partial charge in [-0.2, -0.15) is 0 Å². The molecular weight excluding hydrogens is 478 g/mol. The number of aromatic nitrogens is 3. The van der Waals surface area contributed by atoms with E-state index in [-0.39, 0.29) is 17.5 Å². The van der Waals surface area contributed by atoms with E-state index in [1.807, 2.05) is 30.9 Å². The van der Waals surface area contributed by atoms with Crippen LogP contribution < -0.4 is 4.90 Å². The number of aryl methyl sites for hydroxylation is 1. The third-order valence-corrected chi connectivity index (χ3v) is 9.26. The van der Waals surface area contributed by atoms with Gasteiger partial charge in [0.2, 0.25) is 0 Å². The Morgan fingerprint density at radius 3 is 2.55 bits per heavy atom. The van der Waals surface area contributed by atoms with Gasteiger partial charge in [0.25, 0.3) is 0 Å². The molecule has 178 valence electrons. The molecular formula is C23H30ClN5O2S2. The minimum atomic E-state index is -2.95. The number of halogens is 1. The maximum Gasteiger partial charge on any atom is 0.185 e. The van der Waals surface area contributed by atoms with Crippen LogP contribution in [0.5, 0.6) is 0 Å². The van der Waals surface area contributed by atoms with Crippen LogP contribution in [0.2, 0.25) is 5.02 Å². The van der Waals surface area contributed by atoms with E-state index in [4.69, 9.17) is 11.6 Å². The molecule has 0 radical (unpaired) electrons. The Kier molecular flexibility index (Phi) is 7.73.